The van der Waals surface area contributed by atoms with Crippen LogP contribution in [0.3, 0.4) is 0 Å². The van der Waals surface area contributed by atoms with E-state index in [0.29, 0.717) is 12.1 Å². The van der Waals surface area contributed by atoms with Crippen LogP contribution < -0.4 is 16.7 Å². The minimum Gasteiger partial charge on any atom is -0.493 e. The highest BCUT2D eigenvalue weighted by Crippen LogP contribution is 2.14. The molecule has 1 heterocycles. The lowest BCUT2D eigenvalue weighted by atomic mass is 10.2. The molecular formula is C16H18N4O4. The Balaban J connectivity index is 2.33. The van der Waals surface area contributed by atoms with Crippen LogP contribution >= 0.6 is 0 Å². The van der Waals surface area contributed by atoms with Crippen molar-refractivity contribution in [2.75, 3.05) is 0 Å². The number of carbonyl (C=O) groups is 1. The molecule has 2 aromatic rings. The number of amides is 1. The van der Waals surface area contributed by atoms with Gasteiger partial charge in [-0.2, -0.15) is 5.10 Å². The van der Waals surface area contributed by atoms with Crippen molar-refractivity contribution < 1.29 is 9.90 Å². The Morgan fingerprint density at radius 2 is 2.04 bits per heavy atom. The lowest BCUT2D eigenvalue weighted by Crippen LogP contribution is -2.31. The van der Waals surface area contributed by atoms with Crippen LogP contribution in [0.1, 0.15) is 31.7 Å². The van der Waals surface area contributed by atoms with Gasteiger partial charge in [0.15, 0.2) is 0 Å². The molecular weight excluding hydrogens is 312 g/mol. The number of rotatable bonds is 6. The largest absolute Gasteiger partial charge is 0.493 e. The van der Waals surface area contributed by atoms with Crippen molar-refractivity contribution in [1.82, 2.24) is 15.0 Å². The number of H-pyrrole nitrogens is 1. The number of nitrogens with one attached hydrogen (secondary N) is 2. The first-order valence-electron chi connectivity index (χ1n) is 7.50. The predicted molar refractivity (Wildman–Crippen MR) is 89.6 cm³/mol. The maximum Gasteiger partial charge on any atom is 0.335 e. The lowest BCUT2D eigenvalue weighted by Gasteiger charge is -2.09. The molecule has 2 rings (SSSR count). The number of aromatic amines is 1. The van der Waals surface area contributed by atoms with E-state index < -0.39 is 17.1 Å². The molecule has 0 saturated carbocycles. The number of aromatic nitrogens is 2. The van der Waals surface area contributed by atoms with Crippen LogP contribution in [-0.2, 0) is 4.79 Å². The molecule has 0 atom stereocenters. The number of para-hydroxylation sites is 1. The van der Waals surface area contributed by atoms with Gasteiger partial charge in [0.1, 0.15) is 5.56 Å². The highest BCUT2D eigenvalue weighted by Gasteiger charge is 2.14. The molecule has 1 aromatic carbocycles. The van der Waals surface area contributed by atoms with Gasteiger partial charge in [-0.25, -0.2) is 14.8 Å². The smallest absolute Gasteiger partial charge is 0.335 e. The summed E-state index contributed by atoms with van der Waals surface area (Å²) in [6, 6.07) is 8.34. The van der Waals surface area contributed by atoms with E-state index in [0.717, 1.165) is 23.6 Å². The van der Waals surface area contributed by atoms with Gasteiger partial charge in [0.25, 0.3) is 5.56 Å². The molecule has 8 nitrogen and oxygen atoms in total. The Labute approximate surface area is 137 Å². The summed E-state index contributed by atoms with van der Waals surface area (Å²) in [4.78, 5) is 37.4. The number of benzene rings is 1. The highest BCUT2D eigenvalue weighted by molar-refractivity contribution is 5.84. The maximum atomic E-state index is 11.9. The second-order valence-electron chi connectivity index (χ2n) is 5.06. The van der Waals surface area contributed by atoms with Crippen LogP contribution in [0, 0.1) is 0 Å². The molecule has 0 aliphatic heterocycles. The minimum absolute atomic E-state index is 0.228. The summed E-state index contributed by atoms with van der Waals surface area (Å²) in [5.41, 5.74) is 0.867. The fraction of sp³-hybridized carbons (Fsp3) is 0.250. The average molecular weight is 330 g/mol. The zero-order valence-electron chi connectivity index (χ0n) is 13.2. The fourth-order valence-corrected chi connectivity index (χ4v) is 2.03. The van der Waals surface area contributed by atoms with Crippen molar-refractivity contribution >= 4 is 12.1 Å². The Hall–Kier alpha value is -3.16. The summed E-state index contributed by atoms with van der Waals surface area (Å²) < 4.78 is 0.946. The molecule has 1 amide bonds. The summed E-state index contributed by atoms with van der Waals surface area (Å²) in [7, 11) is 0. The molecule has 3 N–H and O–H groups in total. The van der Waals surface area contributed by atoms with Gasteiger partial charge in [-0.15, -0.1) is 0 Å². The molecule has 0 spiro atoms. The van der Waals surface area contributed by atoms with Crippen LogP contribution in [-0.4, -0.2) is 26.8 Å². The number of carbonyl (C=O) groups excluding carboxylic acids is 1. The minimum atomic E-state index is -0.795. The van der Waals surface area contributed by atoms with E-state index in [1.807, 2.05) is 6.92 Å². The molecule has 0 radical (unpaired) electrons. The zero-order chi connectivity index (χ0) is 17.5. The maximum absolute atomic E-state index is 11.9. The predicted octanol–water partition coefficient (Wildman–Crippen LogP) is 0.872. The standard InChI is InChI=1S/C16H18N4O4/c1-2-3-9-13(21)19-17-10-12-14(22)18-16(24)20(15(12)23)11-7-5-4-6-8-11/h4-8,10,23H,2-3,9H2,1H3,(H,19,21)(H,18,22,24). The normalized spacial score (nSPS) is 10.9. The van der Waals surface area contributed by atoms with E-state index >= 15 is 0 Å². The fourth-order valence-electron chi connectivity index (χ4n) is 2.03. The van der Waals surface area contributed by atoms with Crippen molar-refractivity contribution in [3.05, 3.63) is 56.7 Å². The Kier molecular flexibility index (Phi) is 5.67. The molecule has 126 valence electrons. The second kappa shape index (κ2) is 7.91. The number of unbranched alkanes of at least 4 members (excludes halogenated alkanes) is 1. The van der Waals surface area contributed by atoms with E-state index in [1.54, 1.807) is 30.3 Å². The van der Waals surface area contributed by atoms with Gasteiger partial charge in [-0.1, -0.05) is 31.5 Å². The Morgan fingerprint density at radius 1 is 1.33 bits per heavy atom. The number of nitrogens with zero attached hydrogens (tertiary/aromatic N) is 2. The Bertz CT molecular complexity index is 853. The third kappa shape index (κ3) is 3.97. The molecule has 0 aliphatic carbocycles. The van der Waals surface area contributed by atoms with Crippen LogP contribution in [0.15, 0.2) is 45.0 Å². The third-order valence-electron chi connectivity index (χ3n) is 3.28. The number of aromatic hydroxyl groups is 1. The van der Waals surface area contributed by atoms with Crippen molar-refractivity contribution in [2.45, 2.75) is 26.2 Å². The molecule has 0 aliphatic rings. The SMILES string of the molecule is CCCCC(=O)NN=Cc1c(O)n(-c2ccccc2)c(=O)[nH]c1=O. The van der Waals surface area contributed by atoms with E-state index in [1.165, 1.54) is 0 Å². The van der Waals surface area contributed by atoms with E-state index in [9.17, 15) is 19.5 Å². The molecule has 8 heteroatoms. The molecule has 24 heavy (non-hydrogen) atoms. The summed E-state index contributed by atoms with van der Waals surface area (Å²) in [5.74, 6) is -0.845. The molecule has 0 fully saturated rings. The first kappa shape index (κ1) is 17.2. The zero-order valence-corrected chi connectivity index (χ0v) is 13.2. The van der Waals surface area contributed by atoms with Crippen LogP contribution in [0.5, 0.6) is 5.88 Å². The van der Waals surface area contributed by atoms with E-state index in [-0.39, 0.29) is 11.5 Å². The van der Waals surface area contributed by atoms with Crippen molar-refractivity contribution in [2.24, 2.45) is 5.10 Å². The number of hydrogen-bond donors (Lipinski definition) is 3. The van der Waals surface area contributed by atoms with E-state index in [2.05, 4.69) is 15.5 Å². The molecule has 1 aromatic heterocycles. The van der Waals surface area contributed by atoms with Gasteiger partial charge in [0.2, 0.25) is 11.8 Å². The van der Waals surface area contributed by atoms with Gasteiger partial charge in [0.05, 0.1) is 11.9 Å². The van der Waals surface area contributed by atoms with Gasteiger partial charge in [-0.3, -0.25) is 14.6 Å². The highest BCUT2D eigenvalue weighted by atomic mass is 16.3. The van der Waals surface area contributed by atoms with E-state index in [4.69, 9.17) is 0 Å². The van der Waals surface area contributed by atoms with Gasteiger partial charge in [0, 0.05) is 6.42 Å². The lowest BCUT2D eigenvalue weighted by molar-refractivity contribution is -0.121. The van der Waals surface area contributed by atoms with Gasteiger partial charge in [-0.05, 0) is 18.6 Å². The molecule has 0 bridgehead atoms. The van der Waals surface area contributed by atoms with Gasteiger partial charge < -0.3 is 5.11 Å². The van der Waals surface area contributed by atoms with Crippen LogP contribution in [0.25, 0.3) is 5.69 Å². The summed E-state index contributed by atoms with van der Waals surface area (Å²) in [6.07, 6.45) is 2.93. The Morgan fingerprint density at radius 3 is 2.71 bits per heavy atom. The quantitative estimate of drug-likeness (QED) is 0.538. The summed E-state index contributed by atoms with van der Waals surface area (Å²) >= 11 is 0. The molecule has 0 unspecified atom stereocenters. The summed E-state index contributed by atoms with van der Waals surface area (Å²) in [5, 5.41) is 13.9. The second-order valence-corrected chi connectivity index (χ2v) is 5.06. The third-order valence-corrected chi connectivity index (χ3v) is 3.28. The van der Waals surface area contributed by atoms with Crippen molar-refractivity contribution in [3.63, 3.8) is 0 Å². The number of hydrogen-bond acceptors (Lipinski definition) is 5. The van der Waals surface area contributed by atoms with Crippen LogP contribution in [0.4, 0.5) is 0 Å². The summed E-state index contributed by atoms with van der Waals surface area (Å²) in [6.45, 7) is 1.96. The number of hydrazone groups is 1. The van der Waals surface area contributed by atoms with Crippen LogP contribution in [0.2, 0.25) is 0 Å². The van der Waals surface area contributed by atoms with Crippen molar-refractivity contribution in [3.8, 4) is 11.6 Å². The van der Waals surface area contributed by atoms with Crippen molar-refractivity contribution in [1.29, 1.82) is 0 Å². The monoisotopic (exact) mass is 330 g/mol. The first-order chi connectivity index (χ1) is 11.5. The topological polar surface area (TPSA) is 117 Å². The average Bonchev–Trinajstić information content (AvgIpc) is 2.56. The first-order valence-corrected chi connectivity index (χ1v) is 7.50. The van der Waals surface area contributed by atoms with Gasteiger partial charge >= 0.3 is 5.69 Å². The molecule has 0 saturated heterocycles.